The van der Waals surface area contributed by atoms with E-state index in [0.29, 0.717) is 28.1 Å². The van der Waals surface area contributed by atoms with E-state index in [-0.39, 0.29) is 17.4 Å². The summed E-state index contributed by atoms with van der Waals surface area (Å²) >= 11 is 0. The van der Waals surface area contributed by atoms with E-state index in [0.717, 1.165) is 37.1 Å². The summed E-state index contributed by atoms with van der Waals surface area (Å²) in [6.45, 7) is 5.43. The Morgan fingerprint density at radius 2 is 1.70 bits per heavy atom. The molecule has 2 aromatic rings. The Kier molecular flexibility index (Phi) is 4.85. The van der Waals surface area contributed by atoms with Crippen molar-refractivity contribution >= 4 is 34.6 Å². The van der Waals surface area contributed by atoms with Gasteiger partial charge < -0.3 is 20.1 Å². The minimum atomic E-state index is -1.06. The van der Waals surface area contributed by atoms with Crippen molar-refractivity contribution in [3.63, 3.8) is 0 Å². The molecule has 5 rings (SSSR count). The highest BCUT2D eigenvalue weighted by Gasteiger charge is 2.38. The number of carboxylic acid groups (broad SMARTS) is 1. The smallest absolute Gasteiger partial charge is 0.335 e. The Morgan fingerprint density at radius 3 is 2.36 bits per heavy atom. The summed E-state index contributed by atoms with van der Waals surface area (Å²) in [7, 11) is 0. The van der Waals surface area contributed by atoms with Gasteiger partial charge in [-0.1, -0.05) is 12.1 Å². The molecule has 0 saturated carbocycles. The monoisotopic (exact) mass is 444 g/mol. The fraction of sp³-hybridized carbons (Fsp3) is 0.269. The molecule has 3 aliphatic heterocycles. The Morgan fingerprint density at radius 1 is 1.03 bits per heavy atom. The summed E-state index contributed by atoms with van der Waals surface area (Å²) in [5.74, 6) is -0.950. The van der Waals surface area contributed by atoms with Crippen LogP contribution in [0.4, 0.5) is 5.69 Å². The highest BCUT2D eigenvalue weighted by molar-refractivity contribution is 6.32. The maximum absolute atomic E-state index is 12.7. The van der Waals surface area contributed by atoms with Crippen LogP contribution in [0.5, 0.6) is 0 Å². The summed E-state index contributed by atoms with van der Waals surface area (Å²) in [6, 6.07) is 12.0. The third-order valence-electron chi connectivity index (χ3n) is 6.38. The minimum absolute atomic E-state index is 0.0474. The molecule has 0 radical (unpaired) electrons. The van der Waals surface area contributed by atoms with E-state index < -0.39 is 11.6 Å². The van der Waals surface area contributed by atoms with E-state index in [2.05, 4.69) is 5.32 Å². The van der Waals surface area contributed by atoms with Crippen LogP contribution in [-0.4, -0.2) is 46.5 Å². The number of likely N-dealkylation sites (tertiary alicyclic amines) is 1. The number of nitrogens with one attached hydrogen (secondary N) is 1. The average Bonchev–Trinajstić information content (AvgIpc) is 3.49. The number of nitrogens with zero attached hydrogens (tertiary/aromatic N) is 1. The maximum atomic E-state index is 12.7. The summed E-state index contributed by atoms with van der Waals surface area (Å²) in [4.78, 5) is 38.7. The Balaban J connectivity index is 1.52. The molecule has 0 aromatic heterocycles. The SMILES string of the molecule is CC1(C)OC(=C2C(=O)Nc3ccc(C(=O)O)cc32)C=C1c1ccc(C(=O)N2CCCC2)cc1. The largest absolute Gasteiger partial charge is 0.482 e. The van der Waals surface area contributed by atoms with Crippen molar-refractivity contribution < 1.29 is 24.2 Å². The first kappa shape index (κ1) is 21.0. The Bertz CT molecular complexity index is 1250. The molecule has 1 fully saturated rings. The van der Waals surface area contributed by atoms with E-state index in [9.17, 15) is 19.5 Å². The van der Waals surface area contributed by atoms with Crippen LogP contribution in [0.3, 0.4) is 0 Å². The number of amides is 2. The van der Waals surface area contributed by atoms with Gasteiger partial charge in [0.1, 0.15) is 11.4 Å². The summed E-state index contributed by atoms with van der Waals surface area (Å²) < 4.78 is 6.19. The van der Waals surface area contributed by atoms with Crippen molar-refractivity contribution in [1.82, 2.24) is 4.90 Å². The van der Waals surface area contributed by atoms with Crippen molar-refractivity contribution in [2.24, 2.45) is 0 Å². The normalized spacial score (nSPS) is 20.8. The van der Waals surface area contributed by atoms with Gasteiger partial charge in [-0.25, -0.2) is 4.79 Å². The van der Waals surface area contributed by atoms with Crippen LogP contribution >= 0.6 is 0 Å². The van der Waals surface area contributed by atoms with Gasteiger partial charge in [0.05, 0.1) is 11.1 Å². The van der Waals surface area contributed by atoms with Gasteiger partial charge >= 0.3 is 5.97 Å². The number of carboxylic acids is 1. The molecule has 1 saturated heterocycles. The lowest BCUT2D eigenvalue weighted by atomic mass is 9.91. The van der Waals surface area contributed by atoms with Crippen LogP contribution in [0.2, 0.25) is 0 Å². The number of allylic oxidation sites excluding steroid dienone is 1. The number of carbonyl (C=O) groups excluding carboxylic acids is 2. The number of benzene rings is 2. The molecular formula is C26H24N2O5. The molecule has 3 aliphatic rings. The maximum Gasteiger partial charge on any atom is 0.335 e. The minimum Gasteiger partial charge on any atom is -0.482 e. The number of carbonyl (C=O) groups is 3. The zero-order valence-corrected chi connectivity index (χ0v) is 18.5. The molecule has 0 spiro atoms. The molecule has 7 heteroatoms. The fourth-order valence-electron chi connectivity index (χ4n) is 4.66. The summed E-state index contributed by atoms with van der Waals surface area (Å²) in [5, 5.41) is 12.1. The van der Waals surface area contributed by atoms with Crippen LogP contribution in [0.15, 0.2) is 54.3 Å². The number of rotatable bonds is 3. The van der Waals surface area contributed by atoms with Gasteiger partial charge in [0, 0.05) is 35.5 Å². The molecule has 33 heavy (non-hydrogen) atoms. The van der Waals surface area contributed by atoms with Gasteiger partial charge in [-0.3, -0.25) is 9.59 Å². The van der Waals surface area contributed by atoms with Gasteiger partial charge in [-0.15, -0.1) is 0 Å². The highest BCUT2D eigenvalue weighted by atomic mass is 16.5. The first-order chi connectivity index (χ1) is 15.7. The molecule has 3 heterocycles. The zero-order chi connectivity index (χ0) is 23.3. The molecule has 0 bridgehead atoms. The second-order valence-corrected chi connectivity index (χ2v) is 9.01. The average molecular weight is 444 g/mol. The van der Waals surface area contributed by atoms with Crippen LogP contribution < -0.4 is 5.32 Å². The lowest BCUT2D eigenvalue weighted by Crippen LogP contribution is -2.27. The standard InChI is InChI=1S/C26H24N2O5/c1-26(2)19(15-5-7-16(8-6-15)24(30)28-11-3-4-12-28)14-21(33-26)22-18-13-17(25(31)32)9-10-20(18)27-23(22)29/h5-10,13-14H,3-4,11-12H2,1-2H3,(H,27,29)(H,31,32). The van der Waals surface area contributed by atoms with Gasteiger partial charge in [-0.05, 0) is 68.7 Å². The van der Waals surface area contributed by atoms with Gasteiger partial charge in [0.2, 0.25) is 0 Å². The predicted molar refractivity (Wildman–Crippen MR) is 124 cm³/mol. The van der Waals surface area contributed by atoms with E-state index in [1.54, 1.807) is 6.07 Å². The zero-order valence-electron chi connectivity index (χ0n) is 18.5. The van der Waals surface area contributed by atoms with Gasteiger partial charge in [0.15, 0.2) is 0 Å². The Hall–Kier alpha value is -3.87. The van der Waals surface area contributed by atoms with Crippen LogP contribution in [0, 0.1) is 0 Å². The first-order valence-electron chi connectivity index (χ1n) is 11.0. The molecule has 0 atom stereocenters. The molecule has 7 nitrogen and oxygen atoms in total. The topological polar surface area (TPSA) is 95.9 Å². The number of aromatic carboxylic acids is 1. The third kappa shape index (κ3) is 3.59. The van der Waals surface area contributed by atoms with Crippen molar-refractivity contribution in [2.45, 2.75) is 32.3 Å². The Labute approximate surface area is 191 Å². The molecule has 2 amide bonds. The van der Waals surface area contributed by atoms with E-state index in [1.807, 2.05) is 49.1 Å². The van der Waals surface area contributed by atoms with E-state index in [1.165, 1.54) is 12.1 Å². The van der Waals surface area contributed by atoms with E-state index in [4.69, 9.17) is 4.74 Å². The van der Waals surface area contributed by atoms with Gasteiger partial charge in [0.25, 0.3) is 11.8 Å². The quantitative estimate of drug-likeness (QED) is 0.693. The number of ether oxygens (including phenoxy) is 1. The van der Waals surface area contributed by atoms with Crippen LogP contribution in [0.25, 0.3) is 11.1 Å². The van der Waals surface area contributed by atoms with Crippen molar-refractivity contribution in [1.29, 1.82) is 0 Å². The predicted octanol–water partition coefficient (Wildman–Crippen LogP) is 4.18. The van der Waals surface area contributed by atoms with Crippen LogP contribution in [0.1, 0.15) is 58.5 Å². The lowest BCUT2D eigenvalue weighted by molar-refractivity contribution is -0.111. The molecule has 2 N–H and O–H groups in total. The third-order valence-corrected chi connectivity index (χ3v) is 6.38. The number of anilines is 1. The summed E-state index contributed by atoms with van der Waals surface area (Å²) in [5.41, 5.74) is 3.19. The second kappa shape index (κ2) is 7.62. The molecule has 2 aromatic carbocycles. The number of hydrogen-bond donors (Lipinski definition) is 2. The van der Waals surface area contributed by atoms with Gasteiger partial charge in [-0.2, -0.15) is 0 Å². The number of hydrogen-bond acceptors (Lipinski definition) is 4. The molecule has 0 aliphatic carbocycles. The lowest BCUT2D eigenvalue weighted by Gasteiger charge is -2.23. The second-order valence-electron chi connectivity index (χ2n) is 9.01. The molecular weight excluding hydrogens is 420 g/mol. The van der Waals surface area contributed by atoms with E-state index >= 15 is 0 Å². The fourth-order valence-corrected chi connectivity index (χ4v) is 4.66. The van der Waals surface area contributed by atoms with Crippen molar-refractivity contribution in [2.75, 3.05) is 18.4 Å². The van der Waals surface area contributed by atoms with Crippen LogP contribution in [-0.2, 0) is 9.53 Å². The molecule has 0 unspecified atom stereocenters. The summed E-state index contributed by atoms with van der Waals surface area (Å²) in [6.07, 6.45) is 3.92. The van der Waals surface area contributed by atoms with Crippen molar-refractivity contribution in [3.05, 3.63) is 76.6 Å². The first-order valence-corrected chi connectivity index (χ1v) is 11.0. The highest BCUT2D eigenvalue weighted by Crippen LogP contribution is 2.44. The number of fused-ring (bicyclic) bond motifs is 1. The molecule has 168 valence electrons. The van der Waals surface area contributed by atoms with Crippen molar-refractivity contribution in [3.8, 4) is 0 Å².